The predicted octanol–water partition coefficient (Wildman–Crippen LogP) is 20.8. The summed E-state index contributed by atoms with van der Waals surface area (Å²) in [5, 5.41) is 0. The van der Waals surface area contributed by atoms with Crippen molar-refractivity contribution in [3.63, 3.8) is 0 Å². The van der Waals surface area contributed by atoms with Gasteiger partial charge in [0.05, 0.1) is 11.1 Å². The van der Waals surface area contributed by atoms with Crippen molar-refractivity contribution in [2.24, 2.45) is 0 Å². The Morgan fingerprint density at radius 1 is 0.351 bits per heavy atom. The number of anilines is 3. The lowest BCUT2D eigenvalue weighted by Gasteiger charge is -2.39. The molecule has 0 aromatic heterocycles. The maximum Gasteiger partial charge on any atom is 0.0734 e. The lowest BCUT2D eigenvalue weighted by Crippen LogP contribution is -2.32. The van der Waals surface area contributed by atoms with Crippen molar-refractivity contribution in [2.75, 3.05) is 4.90 Å². The molecule has 0 heterocycles. The van der Waals surface area contributed by atoms with E-state index in [-0.39, 0.29) is 5.41 Å². The van der Waals surface area contributed by atoms with E-state index in [1.54, 1.807) is 11.1 Å². The van der Waals surface area contributed by atoms with E-state index in [0.29, 0.717) is 0 Å². The Balaban J connectivity index is 0.959. The molecule has 9 aromatic rings. The van der Waals surface area contributed by atoms with Gasteiger partial charge >= 0.3 is 0 Å². The van der Waals surface area contributed by atoms with Gasteiger partial charge in [0.1, 0.15) is 0 Å². The van der Waals surface area contributed by atoms with Crippen LogP contribution in [0.2, 0.25) is 0 Å². The highest BCUT2D eigenvalue weighted by atomic mass is 15.1. The molecule has 0 unspecified atom stereocenters. The highest BCUT2D eigenvalue weighted by Crippen LogP contribution is 2.61. The van der Waals surface area contributed by atoms with Gasteiger partial charge in [-0.3, -0.25) is 0 Å². The van der Waals surface area contributed by atoms with Crippen LogP contribution < -0.4 is 4.90 Å². The van der Waals surface area contributed by atoms with Gasteiger partial charge in [0, 0.05) is 22.4 Å². The van der Waals surface area contributed by atoms with Gasteiger partial charge in [0.15, 0.2) is 0 Å². The van der Waals surface area contributed by atoms with Crippen molar-refractivity contribution in [3.8, 4) is 44.5 Å². The lowest BCUT2D eigenvalue weighted by molar-refractivity contribution is 0.398. The Bertz CT molecular complexity index is 3490. The van der Waals surface area contributed by atoms with E-state index < -0.39 is 5.41 Å². The lowest BCUT2D eigenvalue weighted by atomic mass is 9.65. The van der Waals surface area contributed by atoms with Gasteiger partial charge in [-0.2, -0.15) is 0 Å². The van der Waals surface area contributed by atoms with Crippen molar-refractivity contribution in [3.05, 3.63) is 256 Å². The molecule has 13 rings (SSSR count). The molecule has 4 aliphatic carbocycles. The molecular weight excluding hydrogens is 927 g/mol. The summed E-state index contributed by atoms with van der Waals surface area (Å²) in [6.07, 6.45) is 23.0. The second-order valence-electron chi connectivity index (χ2n) is 23.1. The molecule has 4 aliphatic rings. The topological polar surface area (TPSA) is 3.24 Å². The Morgan fingerprint density at radius 3 is 1.43 bits per heavy atom. The molecular formula is C76H75N. The fourth-order valence-electron chi connectivity index (χ4n) is 14.6. The van der Waals surface area contributed by atoms with Crippen LogP contribution in [0.3, 0.4) is 0 Å². The Kier molecular flexibility index (Phi) is 13.7. The summed E-state index contributed by atoms with van der Waals surface area (Å²) in [6, 6.07) is 78.1. The molecule has 77 heavy (non-hydrogen) atoms. The number of aryl methyl sites for hydroxylation is 4. The van der Waals surface area contributed by atoms with Crippen LogP contribution in [0.1, 0.15) is 159 Å². The van der Waals surface area contributed by atoms with Crippen LogP contribution in [0.5, 0.6) is 0 Å². The third kappa shape index (κ3) is 8.61. The molecule has 0 aliphatic heterocycles. The van der Waals surface area contributed by atoms with Gasteiger partial charge < -0.3 is 4.90 Å². The predicted molar refractivity (Wildman–Crippen MR) is 326 cm³/mol. The Morgan fingerprint density at radius 2 is 0.831 bits per heavy atom. The molecule has 0 fully saturated rings. The summed E-state index contributed by atoms with van der Waals surface area (Å²) in [6.45, 7) is 4.66. The molecule has 9 aromatic carbocycles. The fraction of sp³-hybridized carbons (Fsp3) is 0.289. The van der Waals surface area contributed by atoms with Crippen LogP contribution in [-0.2, 0) is 36.5 Å². The van der Waals surface area contributed by atoms with E-state index in [1.807, 2.05) is 0 Å². The van der Waals surface area contributed by atoms with E-state index in [4.69, 9.17) is 0 Å². The molecule has 0 saturated carbocycles. The van der Waals surface area contributed by atoms with Crippen molar-refractivity contribution in [2.45, 2.75) is 140 Å². The van der Waals surface area contributed by atoms with Crippen molar-refractivity contribution < 1.29 is 0 Å². The molecule has 1 nitrogen and oxygen atoms in total. The first-order chi connectivity index (χ1) is 38.1. The monoisotopic (exact) mass is 1000 g/mol. The number of hydrogen-bond acceptors (Lipinski definition) is 1. The maximum absolute atomic E-state index is 2.58. The molecule has 0 N–H and O–H groups in total. The molecule has 0 atom stereocenters. The van der Waals surface area contributed by atoms with Gasteiger partial charge in [-0.05, 0) is 163 Å². The average molecular weight is 1000 g/mol. The normalized spacial score (nSPS) is 14.6. The van der Waals surface area contributed by atoms with E-state index in [9.17, 15) is 0 Å². The highest BCUT2D eigenvalue weighted by Gasteiger charge is 2.49. The van der Waals surface area contributed by atoms with Gasteiger partial charge in [0.2, 0.25) is 0 Å². The summed E-state index contributed by atoms with van der Waals surface area (Å²) in [5.41, 5.74) is 28.2. The van der Waals surface area contributed by atoms with Crippen LogP contribution in [0, 0.1) is 0 Å². The van der Waals surface area contributed by atoms with Crippen molar-refractivity contribution in [1.29, 1.82) is 0 Å². The number of fused-ring (bicyclic) bond motifs is 8. The first-order valence-corrected chi connectivity index (χ1v) is 29.9. The van der Waals surface area contributed by atoms with Crippen LogP contribution >= 0.6 is 0 Å². The molecule has 0 bridgehead atoms. The number of rotatable bonds is 21. The first kappa shape index (κ1) is 49.4. The smallest absolute Gasteiger partial charge is 0.0734 e. The minimum Gasteiger partial charge on any atom is -0.310 e. The zero-order valence-corrected chi connectivity index (χ0v) is 45.7. The van der Waals surface area contributed by atoms with Crippen LogP contribution in [0.25, 0.3) is 44.5 Å². The van der Waals surface area contributed by atoms with Gasteiger partial charge in [-0.1, -0.05) is 261 Å². The number of nitrogens with zero attached hydrogens (tertiary/aromatic N) is 1. The molecule has 1 heteroatoms. The quantitative estimate of drug-likeness (QED) is 0.0649. The maximum atomic E-state index is 2.58. The van der Waals surface area contributed by atoms with E-state index >= 15 is 0 Å². The van der Waals surface area contributed by atoms with Gasteiger partial charge in [0.25, 0.3) is 0 Å². The minimum atomic E-state index is -0.532. The number of benzene rings is 9. The molecule has 384 valence electrons. The Hall–Kier alpha value is -7.22. The third-order valence-corrected chi connectivity index (χ3v) is 18.8. The Labute approximate surface area is 460 Å². The average Bonchev–Trinajstić information content (AvgIpc) is 4.09. The largest absolute Gasteiger partial charge is 0.310 e. The second kappa shape index (κ2) is 21.3. The van der Waals surface area contributed by atoms with E-state index in [0.717, 1.165) is 24.2 Å². The van der Waals surface area contributed by atoms with Crippen molar-refractivity contribution >= 4 is 17.1 Å². The van der Waals surface area contributed by atoms with Crippen LogP contribution in [-0.4, -0.2) is 0 Å². The van der Waals surface area contributed by atoms with Crippen LogP contribution in [0.15, 0.2) is 200 Å². The zero-order chi connectivity index (χ0) is 51.8. The molecule has 0 radical (unpaired) electrons. The number of unbranched alkanes of at least 4 members (excludes halogenated alkanes) is 10. The first-order valence-electron chi connectivity index (χ1n) is 29.9. The minimum absolute atomic E-state index is 0.0390. The van der Waals surface area contributed by atoms with Gasteiger partial charge in [-0.15, -0.1) is 0 Å². The van der Waals surface area contributed by atoms with Gasteiger partial charge in [-0.25, -0.2) is 0 Å². The third-order valence-electron chi connectivity index (χ3n) is 18.8. The SMILES string of the molecule is CCCCCCCCC1(CCCCCCCC)c2ccccc2-c2c(-c3ccc(N(c4ccc(-c5ccccc5)cc4)c4cccc5c4C(c4ccc6c(c4)CC6)(c4ccc6c(c4)CC6)c4ccccc4-5)cc3)cccc21. The summed E-state index contributed by atoms with van der Waals surface area (Å²) < 4.78 is 0. The summed E-state index contributed by atoms with van der Waals surface area (Å²) in [5.74, 6) is 0. The standard InChI is InChI=1S/C76H75N/c1-3-5-7-9-11-20-50-75(51-21-12-10-8-6-4-2)69-30-18-17-27-68(69)73-65(28-22-32-71(73)75)58-42-48-64(49-43-58)77(63-46-40-55(41-47-63)54-24-14-13-15-25-54)72-33-23-29-67-66-26-16-19-31-70(66)76(74(67)72,61-44-38-56-34-36-59(56)52-61)62-45-39-57-35-37-60(57)53-62/h13-19,22-33,38-49,52-53H,3-12,20-21,34-37,50-51H2,1-2H3. The summed E-state index contributed by atoms with van der Waals surface area (Å²) in [4.78, 5) is 2.58. The molecule has 0 spiro atoms. The van der Waals surface area contributed by atoms with E-state index in [2.05, 4.69) is 219 Å². The second-order valence-corrected chi connectivity index (χ2v) is 23.1. The fourth-order valence-corrected chi connectivity index (χ4v) is 14.6. The van der Waals surface area contributed by atoms with Crippen molar-refractivity contribution in [1.82, 2.24) is 0 Å². The summed E-state index contributed by atoms with van der Waals surface area (Å²) in [7, 11) is 0. The van der Waals surface area contributed by atoms with E-state index in [1.165, 1.54) is 197 Å². The molecule has 0 saturated heterocycles. The summed E-state index contributed by atoms with van der Waals surface area (Å²) >= 11 is 0. The number of hydrogen-bond donors (Lipinski definition) is 0. The van der Waals surface area contributed by atoms with Crippen LogP contribution in [0.4, 0.5) is 17.1 Å². The molecule has 0 amide bonds. The highest BCUT2D eigenvalue weighted by molar-refractivity contribution is 5.96. The zero-order valence-electron chi connectivity index (χ0n) is 45.7.